The lowest BCUT2D eigenvalue weighted by molar-refractivity contribution is 0.474. The lowest BCUT2D eigenvalue weighted by Crippen LogP contribution is -2.28. The zero-order chi connectivity index (χ0) is 58.8. The first-order valence-corrected chi connectivity index (χ1v) is 28.6. The Bertz CT molecular complexity index is 4080. The van der Waals surface area contributed by atoms with Gasteiger partial charge in [0.1, 0.15) is 34.6 Å². The lowest BCUT2D eigenvalue weighted by Gasteiger charge is -2.34. The number of hydrogen-bond acceptors (Lipinski definition) is 4. The van der Waals surface area contributed by atoms with Crippen LogP contribution in [0.5, 0.6) is 23.0 Å². The van der Waals surface area contributed by atoms with E-state index in [9.17, 15) is 29.2 Å². The zero-order valence-corrected chi connectivity index (χ0v) is 47.4. The van der Waals surface area contributed by atoms with Crippen LogP contribution in [-0.2, 0) is 16.2 Å². The maximum absolute atomic E-state index is 14.4. The molecule has 0 fully saturated rings. The van der Waals surface area contributed by atoms with E-state index in [1.54, 1.807) is 54.6 Å². The van der Waals surface area contributed by atoms with Gasteiger partial charge in [-0.2, -0.15) is 0 Å². The van der Waals surface area contributed by atoms with Crippen molar-refractivity contribution in [1.82, 2.24) is 0 Å². The number of aryl methyl sites for hydroxylation is 4. The first kappa shape index (κ1) is 54.0. The van der Waals surface area contributed by atoms with Crippen molar-refractivity contribution in [3.05, 3.63) is 368 Å². The summed E-state index contributed by atoms with van der Waals surface area (Å²) in [5.74, 6) is 0.214. The van der Waals surface area contributed by atoms with Crippen molar-refractivity contribution < 1.29 is 29.2 Å². The molecular weight excluding hydrogens is 1050 g/mol. The highest BCUT2D eigenvalue weighted by atomic mass is 19.1. The highest BCUT2D eigenvalue weighted by Crippen LogP contribution is 2.60. The number of halogens is 2. The van der Waals surface area contributed by atoms with Crippen LogP contribution in [0.4, 0.5) is 8.78 Å². The van der Waals surface area contributed by atoms with E-state index in [4.69, 9.17) is 0 Å². The Balaban J connectivity index is 0.000000119. The minimum Gasteiger partial charge on any atom is -0.508 e. The van der Waals surface area contributed by atoms with Crippen LogP contribution in [0.3, 0.4) is 0 Å². The average molecular weight is 1110 g/mol. The summed E-state index contributed by atoms with van der Waals surface area (Å²) in [4.78, 5) is 0. The topological polar surface area (TPSA) is 80.9 Å². The van der Waals surface area contributed by atoms with Crippen LogP contribution in [0, 0.1) is 39.3 Å². The van der Waals surface area contributed by atoms with Gasteiger partial charge in [-0.25, -0.2) is 8.78 Å². The van der Waals surface area contributed by atoms with Gasteiger partial charge in [0, 0.05) is 0 Å². The number of fused-ring (bicyclic) bond motifs is 9. The van der Waals surface area contributed by atoms with Crippen molar-refractivity contribution in [1.29, 1.82) is 0 Å². The molecule has 414 valence electrons. The number of benzene rings is 12. The zero-order valence-electron chi connectivity index (χ0n) is 47.4. The van der Waals surface area contributed by atoms with E-state index in [0.29, 0.717) is 5.75 Å². The highest BCUT2D eigenvalue weighted by molar-refractivity contribution is 5.90. The quantitative estimate of drug-likeness (QED) is 0.134. The first-order valence-electron chi connectivity index (χ1n) is 28.6. The summed E-state index contributed by atoms with van der Waals surface area (Å²) in [6.07, 6.45) is 0. The molecule has 0 atom stereocenters. The van der Waals surface area contributed by atoms with Crippen LogP contribution in [0.15, 0.2) is 267 Å². The molecule has 0 amide bonds. The second-order valence-corrected chi connectivity index (χ2v) is 22.8. The minimum atomic E-state index is -0.879. The largest absolute Gasteiger partial charge is 0.508 e. The third-order valence-corrected chi connectivity index (χ3v) is 17.5. The Labute approximate surface area is 494 Å². The molecule has 0 radical (unpaired) electrons. The molecule has 0 bridgehead atoms. The van der Waals surface area contributed by atoms with Gasteiger partial charge in [0.05, 0.1) is 16.2 Å². The Morgan fingerprint density at radius 3 is 0.776 bits per heavy atom. The van der Waals surface area contributed by atoms with Gasteiger partial charge in [0.2, 0.25) is 0 Å². The normalized spacial score (nSPS) is 13.8. The maximum atomic E-state index is 14.4. The van der Waals surface area contributed by atoms with Crippen LogP contribution >= 0.6 is 0 Å². The van der Waals surface area contributed by atoms with Crippen LogP contribution in [0.25, 0.3) is 33.4 Å². The number of phenols is 4. The molecule has 0 aliphatic heterocycles. The lowest BCUT2D eigenvalue weighted by atomic mass is 9.67. The van der Waals surface area contributed by atoms with Crippen molar-refractivity contribution in [2.75, 3.05) is 0 Å². The van der Waals surface area contributed by atoms with E-state index in [2.05, 4.69) is 160 Å². The Hall–Kier alpha value is -10.3. The number of phenolic OH excluding ortho intramolecular Hbond substituents is 4. The molecule has 6 heteroatoms. The highest BCUT2D eigenvalue weighted by Gasteiger charge is 2.49. The number of aromatic hydroxyl groups is 4. The first-order chi connectivity index (χ1) is 41.2. The minimum absolute atomic E-state index is 0.158. The summed E-state index contributed by atoms with van der Waals surface area (Å²) < 4.78 is 28.7. The SMILES string of the molecule is Cc1ccc2c(c1)-c1cc(O)ccc1C2(c1cccc(F)c1)c1cccc(F)c1.Cc1ccc2c(c1)-c1cc(O)ccc1C2(c1ccccc1)c1ccccc1.Cc1cccc(C2(c3cccc(C)c3)c3ccc(O)cc3-c3cc(O)ccc32)c1. The van der Waals surface area contributed by atoms with E-state index in [0.717, 1.165) is 66.8 Å². The Morgan fingerprint density at radius 2 is 0.471 bits per heavy atom. The second kappa shape index (κ2) is 21.2. The van der Waals surface area contributed by atoms with Crippen molar-refractivity contribution in [2.45, 2.75) is 43.9 Å². The number of rotatable bonds is 6. The van der Waals surface area contributed by atoms with Gasteiger partial charge in [-0.05, 0) is 201 Å². The molecule has 4 nitrogen and oxygen atoms in total. The molecule has 0 unspecified atom stereocenters. The Kier molecular flexibility index (Phi) is 13.4. The van der Waals surface area contributed by atoms with Gasteiger partial charge < -0.3 is 20.4 Å². The van der Waals surface area contributed by atoms with Crippen molar-refractivity contribution in [2.24, 2.45) is 0 Å². The monoisotopic (exact) mass is 1110 g/mol. The fraction of sp³-hybridized carbons (Fsp3) is 0.0886. The standard InChI is InChI=1S/C27H22O2.C26H18F2O.C26H20O/c1-17-5-3-7-19(13-17)27(20-8-4-6-18(2)14-20)25-11-9-21(28)15-23(25)24-16-22(29)10-12-26(24)27;1-16-8-10-24-22(12-16)23-15-21(29)9-11-25(23)26(24,17-4-2-6-19(27)13-17)18-5-3-7-20(28)14-18;1-18-12-14-24-22(16-18)23-17-21(27)13-15-25(23)26(24,19-8-4-2-5-9-19)20-10-6-3-7-11-20/h3-16,28-29H,1-2H3;2-15,29H,1H3;2-17,27H,1H3. The summed E-state index contributed by atoms with van der Waals surface area (Å²) in [6, 6.07) is 86.5. The average Bonchev–Trinajstić information content (AvgIpc) is 1.68. The summed E-state index contributed by atoms with van der Waals surface area (Å²) >= 11 is 0. The molecule has 0 saturated carbocycles. The molecule has 0 saturated heterocycles. The third-order valence-electron chi connectivity index (χ3n) is 17.5. The van der Waals surface area contributed by atoms with Crippen LogP contribution in [0.1, 0.15) is 89.0 Å². The molecule has 0 heterocycles. The smallest absolute Gasteiger partial charge is 0.123 e. The molecular formula is C79H60F2O4. The molecule has 3 aliphatic carbocycles. The van der Waals surface area contributed by atoms with Gasteiger partial charge in [0.15, 0.2) is 0 Å². The van der Waals surface area contributed by atoms with E-state index in [1.807, 2.05) is 55.5 Å². The predicted octanol–water partition coefficient (Wildman–Crippen LogP) is 18.5. The van der Waals surface area contributed by atoms with Gasteiger partial charge >= 0.3 is 0 Å². The van der Waals surface area contributed by atoms with E-state index in [1.165, 1.54) is 79.9 Å². The van der Waals surface area contributed by atoms with E-state index >= 15 is 0 Å². The second-order valence-electron chi connectivity index (χ2n) is 22.8. The third kappa shape index (κ3) is 8.78. The molecule has 12 aromatic carbocycles. The molecule has 85 heavy (non-hydrogen) atoms. The maximum Gasteiger partial charge on any atom is 0.123 e. The predicted molar refractivity (Wildman–Crippen MR) is 337 cm³/mol. The molecule has 0 spiro atoms. The fourth-order valence-electron chi connectivity index (χ4n) is 14.1. The van der Waals surface area contributed by atoms with Gasteiger partial charge in [-0.1, -0.05) is 216 Å². The number of hydrogen-bond donors (Lipinski definition) is 4. The molecule has 4 N–H and O–H groups in total. The van der Waals surface area contributed by atoms with Gasteiger partial charge in [-0.15, -0.1) is 0 Å². The van der Waals surface area contributed by atoms with E-state index < -0.39 is 10.8 Å². The summed E-state index contributed by atoms with van der Waals surface area (Å²) in [6.45, 7) is 8.34. The van der Waals surface area contributed by atoms with Crippen LogP contribution in [-0.4, -0.2) is 20.4 Å². The van der Waals surface area contributed by atoms with Crippen molar-refractivity contribution in [3.63, 3.8) is 0 Å². The van der Waals surface area contributed by atoms with Crippen molar-refractivity contribution in [3.8, 4) is 56.4 Å². The van der Waals surface area contributed by atoms with Crippen LogP contribution < -0.4 is 0 Å². The van der Waals surface area contributed by atoms with Gasteiger partial charge in [-0.3, -0.25) is 0 Å². The summed E-state index contributed by atoms with van der Waals surface area (Å²) in [7, 11) is 0. The molecule has 15 rings (SSSR count). The fourth-order valence-corrected chi connectivity index (χ4v) is 14.1. The van der Waals surface area contributed by atoms with Gasteiger partial charge in [0.25, 0.3) is 0 Å². The summed E-state index contributed by atoms with van der Waals surface area (Å²) in [5, 5.41) is 40.8. The van der Waals surface area contributed by atoms with Crippen LogP contribution in [0.2, 0.25) is 0 Å². The Morgan fingerprint density at radius 1 is 0.224 bits per heavy atom. The molecule has 12 aromatic rings. The van der Waals surface area contributed by atoms with E-state index in [-0.39, 0.29) is 34.3 Å². The summed E-state index contributed by atoms with van der Waals surface area (Å²) in [5.41, 5.74) is 21.8. The molecule has 0 aromatic heterocycles. The van der Waals surface area contributed by atoms with Crippen molar-refractivity contribution >= 4 is 0 Å². The molecule has 3 aliphatic rings.